The Morgan fingerprint density at radius 2 is 2.00 bits per heavy atom. The minimum absolute atomic E-state index is 0.0754. The van der Waals surface area contributed by atoms with Crippen LogP contribution in [0, 0.1) is 22.5 Å². The van der Waals surface area contributed by atoms with Gasteiger partial charge in [0.15, 0.2) is 5.58 Å². The Bertz CT molecular complexity index is 1250. The molecule has 0 unspecified atom stereocenters. The van der Waals surface area contributed by atoms with Gasteiger partial charge >= 0.3 is 5.76 Å². The molecule has 0 aliphatic heterocycles. The number of carbonyl (C=O) groups is 2. The molecule has 0 fully saturated rings. The predicted octanol–water partition coefficient (Wildman–Crippen LogP) is 2.02. The number of nitro benzene ring substituents is 1. The third-order valence-corrected chi connectivity index (χ3v) is 4.41. The van der Waals surface area contributed by atoms with Gasteiger partial charge < -0.3 is 15.1 Å². The van der Waals surface area contributed by atoms with E-state index < -0.39 is 16.6 Å². The molecule has 1 aromatic heterocycles. The number of aryl methyl sites for hydroxylation is 1. The first-order valence-corrected chi connectivity index (χ1v) is 9.28. The van der Waals surface area contributed by atoms with Crippen molar-refractivity contribution in [3.63, 3.8) is 0 Å². The van der Waals surface area contributed by atoms with Crippen molar-refractivity contribution in [2.75, 3.05) is 11.9 Å². The number of fused-ring (bicyclic) bond motifs is 1. The van der Waals surface area contributed by atoms with E-state index in [0.717, 1.165) is 0 Å². The van der Waals surface area contributed by atoms with Gasteiger partial charge in [-0.2, -0.15) is 0 Å². The fourth-order valence-electron chi connectivity index (χ4n) is 2.94. The number of hydrogen-bond acceptors (Lipinski definition) is 6. The number of nitro groups is 1. The second-order valence-electron chi connectivity index (χ2n) is 6.58. The van der Waals surface area contributed by atoms with E-state index in [1.165, 1.54) is 22.8 Å². The molecule has 2 amide bonds. The van der Waals surface area contributed by atoms with E-state index in [1.54, 1.807) is 24.3 Å². The lowest BCUT2D eigenvalue weighted by molar-refractivity contribution is -0.384. The summed E-state index contributed by atoms with van der Waals surface area (Å²) < 4.78 is 6.34. The minimum Gasteiger partial charge on any atom is -0.407 e. The van der Waals surface area contributed by atoms with Crippen LogP contribution in [-0.2, 0) is 16.1 Å². The van der Waals surface area contributed by atoms with Crippen molar-refractivity contribution in [2.24, 2.45) is 0 Å². The average Bonchev–Trinajstić information content (AvgIpc) is 3.06. The van der Waals surface area contributed by atoms with Gasteiger partial charge in [-0.1, -0.05) is 12.0 Å². The highest BCUT2D eigenvalue weighted by atomic mass is 16.6. The normalized spacial score (nSPS) is 10.4. The molecular formula is C21H18N4O6. The molecule has 0 saturated heterocycles. The summed E-state index contributed by atoms with van der Waals surface area (Å²) in [4.78, 5) is 46.2. The molecule has 158 valence electrons. The molecule has 0 aliphatic rings. The van der Waals surface area contributed by atoms with E-state index in [9.17, 15) is 24.5 Å². The zero-order valence-corrected chi connectivity index (χ0v) is 16.3. The standard InChI is InChI=1S/C21H18N4O6/c1-2-14-5-3-6-15(11-14)23-20(27)13-22-19(26)7-4-10-24-17-9-8-16(25(29)30)12-18(17)31-21(24)28/h1,3,5-6,8-9,11-12H,4,7,10,13H2,(H,22,26)(H,23,27). The van der Waals surface area contributed by atoms with Crippen molar-refractivity contribution in [1.82, 2.24) is 9.88 Å². The van der Waals surface area contributed by atoms with Gasteiger partial charge in [0.05, 0.1) is 23.1 Å². The first-order valence-electron chi connectivity index (χ1n) is 9.28. The number of nitrogens with zero attached hydrogens (tertiary/aromatic N) is 2. The molecule has 10 nitrogen and oxygen atoms in total. The van der Waals surface area contributed by atoms with Gasteiger partial charge in [-0.05, 0) is 30.7 Å². The third kappa shape index (κ3) is 5.36. The molecule has 3 rings (SSSR count). The van der Waals surface area contributed by atoms with E-state index in [2.05, 4.69) is 16.6 Å². The molecule has 2 N–H and O–H groups in total. The summed E-state index contributed by atoms with van der Waals surface area (Å²) in [6, 6.07) is 10.6. The Morgan fingerprint density at radius 3 is 2.74 bits per heavy atom. The molecule has 0 spiro atoms. The molecule has 31 heavy (non-hydrogen) atoms. The number of rotatable bonds is 8. The Hall–Kier alpha value is -4.39. The average molecular weight is 422 g/mol. The number of carbonyl (C=O) groups excluding carboxylic acids is 2. The molecule has 0 saturated carbocycles. The number of anilines is 1. The third-order valence-electron chi connectivity index (χ3n) is 4.41. The van der Waals surface area contributed by atoms with Crippen LogP contribution < -0.4 is 16.4 Å². The summed E-state index contributed by atoms with van der Waals surface area (Å²) in [5.41, 5.74) is 1.48. The highest BCUT2D eigenvalue weighted by molar-refractivity contribution is 5.94. The SMILES string of the molecule is C#Cc1cccc(NC(=O)CNC(=O)CCCn2c(=O)oc3cc([N+](=O)[O-])ccc32)c1. The van der Waals surface area contributed by atoms with Gasteiger partial charge in [-0.3, -0.25) is 24.3 Å². The number of terminal acetylenes is 1. The number of hydrogen-bond donors (Lipinski definition) is 2. The quantitative estimate of drug-likeness (QED) is 0.324. The molecule has 0 bridgehead atoms. The number of nitrogens with one attached hydrogen (secondary N) is 2. The maximum absolute atomic E-state index is 12.0. The predicted molar refractivity (Wildman–Crippen MR) is 112 cm³/mol. The molecule has 10 heteroatoms. The van der Waals surface area contributed by atoms with Crippen LogP contribution in [0.1, 0.15) is 18.4 Å². The maximum Gasteiger partial charge on any atom is 0.419 e. The van der Waals surface area contributed by atoms with Gasteiger partial charge in [0.2, 0.25) is 11.8 Å². The molecule has 0 atom stereocenters. The zero-order chi connectivity index (χ0) is 22.4. The van der Waals surface area contributed by atoms with E-state index >= 15 is 0 Å². The minimum atomic E-state index is -0.663. The first kappa shape index (κ1) is 21.3. The Kier molecular flexibility index (Phi) is 6.47. The number of aromatic nitrogens is 1. The van der Waals surface area contributed by atoms with Crippen LogP contribution in [0.4, 0.5) is 11.4 Å². The van der Waals surface area contributed by atoms with Crippen LogP contribution >= 0.6 is 0 Å². The smallest absolute Gasteiger partial charge is 0.407 e. The van der Waals surface area contributed by atoms with E-state index in [0.29, 0.717) is 23.2 Å². The Morgan fingerprint density at radius 1 is 1.19 bits per heavy atom. The zero-order valence-electron chi connectivity index (χ0n) is 16.3. The van der Waals surface area contributed by atoms with Crippen LogP contribution in [0.5, 0.6) is 0 Å². The maximum atomic E-state index is 12.0. The second kappa shape index (κ2) is 9.41. The van der Waals surface area contributed by atoms with Crippen molar-refractivity contribution >= 4 is 34.3 Å². The van der Waals surface area contributed by atoms with Crippen molar-refractivity contribution in [1.29, 1.82) is 0 Å². The molecule has 1 heterocycles. The number of amides is 2. The van der Waals surface area contributed by atoms with Crippen molar-refractivity contribution < 1.29 is 18.9 Å². The van der Waals surface area contributed by atoms with Gasteiger partial charge in [-0.25, -0.2) is 4.79 Å². The van der Waals surface area contributed by atoms with Gasteiger partial charge in [-0.15, -0.1) is 6.42 Å². The van der Waals surface area contributed by atoms with Gasteiger partial charge in [0.1, 0.15) is 0 Å². The summed E-state index contributed by atoms with van der Waals surface area (Å²) in [7, 11) is 0. The van der Waals surface area contributed by atoms with Gasteiger partial charge in [0, 0.05) is 30.3 Å². The lowest BCUT2D eigenvalue weighted by atomic mass is 10.2. The van der Waals surface area contributed by atoms with E-state index in [4.69, 9.17) is 10.8 Å². The molecular weight excluding hydrogens is 404 g/mol. The van der Waals surface area contributed by atoms with Crippen LogP contribution in [0.25, 0.3) is 11.1 Å². The van der Waals surface area contributed by atoms with E-state index in [-0.39, 0.29) is 36.7 Å². The Labute approximate surface area is 176 Å². The number of non-ortho nitro benzene ring substituents is 1. The van der Waals surface area contributed by atoms with Crippen molar-refractivity contribution in [2.45, 2.75) is 19.4 Å². The summed E-state index contributed by atoms with van der Waals surface area (Å²) in [5.74, 6) is 1.04. The highest BCUT2D eigenvalue weighted by Gasteiger charge is 2.14. The monoisotopic (exact) mass is 422 g/mol. The van der Waals surface area contributed by atoms with Crippen molar-refractivity contribution in [3.05, 3.63) is 68.7 Å². The van der Waals surface area contributed by atoms with Crippen LogP contribution in [0.15, 0.2) is 51.7 Å². The lowest BCUT2D eigenvalue weighted by Crippen LogP contribution is -2.32. The molecule has 0 aliphatic carbocycles. The fourth-order valence-corrected chi connectivity index (χ4v) is 2.94. The highest BCUT2D eigenvalue weighted by Crippen LogP contribution is 2.20. The van der Waals surface area contributed by atoms with Crippen molar-refractivity contribution in [3.8, 4) is 12.3 Å². The summed E-state index contributed by atoms with van der Waals surface area (Å²) in [5, 5.41) is 16.0. The summed E-state index contributed by atoms with van der Waals surface area (Å²) in [6.45, 7) is -0.0283. The van der Waals surface area contributed by atoms with E-state index in [1.807, 2.05) is 0 Å². The van der Waals surface area contributed by atoms with Gasteiger partial charge in [0.25, 0.3) is 5.69 Å². The Balaban J connectivity index is 1.48. The first-order chi connectivity index (χ1) is 14.9. The second-order valence-corrected chi connectivity index (χ2v) is 6.58. The van der Waals surface area contributed by atoms with Crippen LogP contribution in [0.2, 0.25) is 0 Å². The molecule has 2 aromatic carbocycles. The molecule has 3 aromatic rings. The number of benzene rings is 2. The van der Waals surface area contributed by atoms with Crippen LogP contribution in [0.3, 0.4) is 0 Å². The number of oxazole rings is 1. The molecule has 0 radical (unpaired) electrons. The van der Waals surface area contributed by atoms with Crippen LogP contribution in [-0.4, -0.2) is 27.8 Å². The summed E-state index contributed by atoms with van der Waals surface area (Å²) in [6.07, 6.45) is 5.70. The topological polar surface area (TPSA) is 136 Å². The fraction of sp³-hybridized carbons (Fsp3) is 0.190. The largest absolute Gasteiger partial charge is 0.419 e. The lowest BCUT2D eigenvalue weighted by Gasteiger charge is -2.07. The summed E-state index contributed by atoms with van der Waals surface area (Å²) >= 11 is 0.